The van der Waals surface area contributed by atoms with Gasteiger partial charge in [-0.05, 0) is 74.8 Å². The third-order valence-corrected chi connectivity index (χ3v) is 6.47. The van der Waals surface area contributed by atoms with Gasteiger partial charge in [0.2, 0.25) is 0 Å². The largest absolute Gasteiger partial charge is 0.452 e. The Morgan fingerprint density at radius 1 is 1.12 bits per heavy atom. The van der Waals surface area contributed by atoms with E-state index in [0.29, 0.717) is 23.1 Å². The maximum atomic E-state index is 12.8. The molecule has 1 aromatic rings. The summed E-state index contributed by atoms with van der Waals surface area (Å²) in [6.07, 6.45) is 5.04. The minimum absolute atomic E-state index is 0.0376. The van der Waals surface area contributed by atoms with Gasteiger partial charge in [0, 0.05) is 0 Å². The Labute approximate surface area is 153 Å². The zero-order valence-corrected chi connectivity index (χ0v) is 15.0. The smallest absolute Gasteiger partial charge is 0.310 e. The summed E-state index contributed by atoms with van der Waals surface area (Å²) in [5, 5.41) is 11.8. The molecule has 0 aliphatic heterocycles. The first-order valence-corrected chi connectivity index (χ1v) is 9.55. The Kier molecular flexibility index (Phi) is 4.44. The summed E-state index contributed by atoms with van der Waals surface area (Å²) in [5.41, 5.74) is 0.831. The summed E-state index contributed by atoms with van der Waals surface area (Å²) in [4.78, 5) is 25.2. The Morgan fingerprint density at radius 3 is 2.35 bits per heavy atom. The quantitative estimate of drug-likeness (QED) is 0.841. The van der Waals surface area contributed by atoms with E-state index in [1.54, 1.807) is 31.2 Å². The van der Waals surface area contributed by atoms with E-state index in [2.05, 4.69) is 5.32 Å². The highest BCUT2D eigenvalue weighted by atomic mass is 16.5. The first kappa shape index (κ1) is 17.1. The monoisotopic (exact) mass is 352 g/mol. The van der Waals surface area contributed by atoms with Crippen molar-refractivity contribution in [2.45, 2.75) is 45.1 Å². The second-order valence-electron chi connectivity index (χ2n) is 8.18. The highest BCUT2D eigenvalue weighted by molar-refractivity contribution is 5.96. The second-order valence-corrected chi connectivity index (χ2v) is 8.18. The van der Waals surface area contributed by atoms with E-state index in [1.807, 2.05) is 6.07 Å². The highest BCUT2D eigenvalue weighted by Crippen LogP contribution is 2.56. The van der Waals surface area contributed by atoms with Crippen molar-refractivity contribution in [2.75, 3.05) is 5.32 Å². The zero-order chi connectivity index (χ0) is 18.3. The van der Waals surface area contributed by atoms with Gasteiger partial charge in [-0.15, -0.1) is 0 Å². The summed E-state index contributed by atoms with van der Waals surface area (Å²) in [7, 11) is 0. The average molecular weight is 352 g/mol. The molecule has 1 N–H and O–H groups in total. The summed E-state index contributed by atoms with van der Waals surface area (Å²) in [6, 6.07) is 8.85. The molecule has 5 rings (SSSR count). The predicted molar refractivity (Wildman–Crippen MR) is 95.9 cm³/mol. The van der Waals surface area contributed by atoms with Crippen LogP contribution in [0.15, 0.2) is 24.3 Å². The van der Waals surface area contributed by atoms with Crippen LogP contribution in [0, 0.1) is 40.9 Å². The third kappa shape index (κ3) is 3.09. The molecule has 5 nitrogen and oxygen atoms in total. The second kappa shape index (κ2) is 6.75. The fourth-order valence-corrected chi connectivity index (χ4v) is 5.54. The highest BCUT2D eigenvalue weighted by Gasteiger charge is 2.51. The Balaban J connectivity index is 1.38. The van der Waals surface area contributed by atoms with E-state index in [0.717, 1.165) is 37.5 Å². The molecule has 1 amide bonds. The number of hydrogen-bond donors (Lipinski definition) is 1. The van der Waals surface area contributed by atoms with Gasteiger partial charge < -0.3 is 10.1 Å². The van der Waals surface area contributed by atoms with Crippen LogP contribution in [0.25, 0.3) is 0 Å². The molecule has 4 aliphatic carbocycles. The van der Waals surface area contributed by atoms with Gasteiger partial charge in [0.05, 0.1) is 17.2 Å². The van der Waals surface area contributed by atoms with Crippen molar-refractivity contribution in [3.63, 3.8) is 0 Å². The lowest BCUT2D eigenvalue weighted by Crippen LogP contribution is -2.49. The molecule has 1 aromatic carbocycles. The summed E-state index contributed by atoms with van der Waals surface area (Å²) < 4.78 is 5.55. The molecule has 0 saturated heterocycles. The maximum Gasteiger partial charge on any atom is 0.310 e. The summed E-state index contributed by atoms with van der Waals surface area (Å²) >= 11 is 0. The first-order chi connectivity index (χ1) is 12.5. The number of benzene rings is 1. The van der Waals surface area contributed by atoms with Crippen molar-refractivity contribution < 1.29 is 14.3 Å². The molecule has 5 heteroatoms. The minimum Gasteiger partial charge on any atom is -0.452 e. The van der Waals surface area contributed by atoms with Crippen LogP contribution >= 0.6 is 0 Å². The number of carbonyl (C=O) groups excluding carboxylic acids is 2. The van der Waals surface area contributed by atoms with Crippen LogP contribution < -0.4 is 5.32 Å². The summed E-state index contributed by atoms with van der Waals surface area (Å²) in [5.74, 6) is 1.82. The number of rotatable bonds is 4. The predicted octanol–water partition coefficient (Wildman–Crippen LogP) is 3.50. The van der Waals surface area contributed by atoms with Gasteiger partial charge in [-0.2, -0.15) is 5.26 Å². The normalized spacial score (nSPS) is 32.5. The third-order valence-electron chi connectivity index (χ3n) is 6.47. The molecule has 0 radical (unpaired) electrons. The topological polar surface area (TPSA) is 79.2 Å². The van der Waals surface area contributed by atoms with E-state index in [1.165, 1.54) is 6.42 Å². The minimum atomic E-state index is -0.869. The van der Waals surface area contributed by atoms with Crippen molar-refractivity contribution in [1.82, 2.24) is 0 Å². The van der Waals surface area contributed by atoms with Crippen molar-refractivity contribution in [3.8, 4) is 6.07 Å². The van der Waals surface area contributed by atoms with Crippen LogP contribution in [-0.2, 0) is 14.3 Å². The molecule has 136 valence electrons. The van der Waals surface area contributed by atoms with Crippen LogP contribution in [0.5, 0.6) is 0 Å². The molecule has 26 heavy (non-hydrogen) atoms. The molecule has 0 heterocycles. The summed E-state index contributed by atoms with van der Waals surface area (Å²) in [6.45, 7) is 1.60. The Bertz CT molecular complexity index is 739. The van der Waals surface area contributed by atoms with Crippen LogP contribution in [0.4, 0.5) is 5.69 Å². The van der Waals surface area contributed by atoms with Crippen LogP contribution in [0.2, 0.25) is 0 Å². The van der Waals surface area contributed by atoms with Gasteiger partial charge in [-0.3, -0.25) is 9.59 Å². The average Bonchev–Trinajstić information content (AvgIpc) is 2.61. The van der Waals surface area contributed by atoms with Gasteiger partial charge in [0.25, 0.3) is 5.91 Å². The van der Waals surface area contributed by atoms with E-state index in [4.69, 9.17) is 10.00 Å². The number of ether oxygens (including phenoxy) is 1. The molecule has 4 fully saturated rings. The number of anilines is 1. The van der Waals surface area contributed by atoms with E-state index < -0.39 is 12.0 Å². The SMILES string of the molecule is C[C@H](OC(=O)C1C2CC3CC(C2)CC1C3)C(=O)Nc1ccccc1C#N. The molecular formula is C21H24N2O3. The number of carbonyl (C=O) groups is 2. The number of hydrogen-bond acceptors (Lipinski definition) is 4. The molecule has 4 aliphatic rings. The molecule has 4 saturated carbocycles. The molecule has 1 atom stereocenters. The van der Waals surface area contributed by atoms with Gasteiger partial charge in [-0.1, -0.05) is 12.1 Å². The number of para-hydroxylation sites is 1. The van der Waals surface area contributed by atoms with Crippen LogP contribution in [0.3, 0.4) is 0 Å². The number of nitriles is 1. The number of nitrogens with one attached hydrogen (secondary N) is 1. The van der Waals surface area contributed by atoms with E-state index >= 15 is 0 Å². The van der Waals surface area contributed by atoms with Gasteiger partial charge in [0.1, 0.15) is 6.07 Å². The van der Waals surface area contributed by atoms with Crippen LogP contribution in [0.1, 0.15) is 44.6 Å². The molecule has 0 spiro atoms. The first-order valence-electron chi connectivity index (χ1n) is 9.55. The standard InChI is InChI=1S/C21H24N2O3/c1-12(20(24)23-18-5-3-2-4-15(18)11-22)26-21(25)19-16-7-13-6-14(9-16)10-17(19)8-13/h2-5,12-14,16-17,19H,6-10H2,1H3,(H,23,24)/t12-,13?,14?,16?,17?,19?/m0/s1. The lowest BCUT2D eigenvalue weighted by Gasteiger charge is -2.53. The lowest BCUT2D eigenvalue weighted by molar-refractivity contribution is -0.169. The molecular weight excluding hydrogens is 328 g/mol. The fourth-order valence-electron chi connectivity index (χ4n) is 5.54. The van der Waals surface area contributed by atoms with Gasteiger partial charge >= 0.3 is 5.97 Å². The van der Waals surface area contributed by atoms with Crippen LogP contribution in [-0.4, -0.2) is 18.0 Å². The maximum absolute atomic E-state index is 12.8. The molecule has 0 aromatic heterocycles. The van der Waals surface area contributed by atoms with Crippen molar-refractivity contribution in [2.24, 2.45) is 29.6 Å². The van der Waals surface area contributed by atoms with Crippen molar-refractivity contribution in [3.05, 3.63) is 29.8 Å². The Morgan fingerprint density at radius 2 is 1.73 bits per heavy atom. The lowest BCUT2D eigenvalue weighted by atomic mass is 9.52. The molecule has 0 unspecified atom stereocenters. The zero-order valence-electron chi connectivity index (χ0n) is 15.0. The van der Waals surface area contributed by atoms with E-state index in [-0.39, 0.29) is 11.9 Å². The van der Waals surface area contributed by atoms with Crippen molar-refractivity contribution in [1.29, 1.82) is 5.26 Å². The number of amides is 1. The number of nitrogens with zero attached hydrogens (tertiary/aromatic N) is 1. The van der Waals surface area contributed by atoms with Gasteiger partial charge in [-0.25, -0.2) is 0 Å². The fraction of sp³-hybridized carbons (Fsp3) is 0.571. The van der Waals surface area contributed by atoms with Crippen molar-refractivity contribution >= 4 is 17.6 Å². The number of esters is 1. The molecule has 4 bridgehead atoms. The van der Waals surface area contributed by atoms with E-state index in [9.17, 15) is 9.59 Å². The Hall–Kier alpha value is -2.35. The van der Waals surface area contributed by atoms with Gasteiger partial charge in [0.15, 0.2) is 6.10 Å².